The van der Waals surface area contributed by atoms with Crippen molar-refractivity contribution in [1.29, 1.82) is 0 Å². The molecule has 0 aliphatic rings. The fraction of sp³-hybridized carbons (Fsp3) is 0. The minimum absolute atomic E-state index is 0.552. The third-order valence-corrected chi connectivity index (χ3v) is 12.8. The summed E-state index contributed by atoms with van der Waals surface area (Å²) in [4.78, 5) is 15.4. The minimum Gasteiger partial charge on any atom is -0.456 e. The lowest BCUT2D eigenvalue weighted by Crippen LogP contribution is -2.00. The van der Waals surface area contributed by atoms with Crippen LogP contribution in [-0.4, -0.2) is 24.1 Å². The molecule has 0 bridgehead atoms. The van der Waals surface area contributed by atoms with E-state index in [2.05, 4.69) is 161 Å². The number of fused-ring (bicyclic) bond motifs is 12. The lowest BCUT2D eigenvalue weighted by atomic mass is 10.1. The number of hydrogen-bond acceptors (Lipinski definition) is 5. The molecule has 0 saturated heterocycles. The summed E-state index contributed by atoms with van der Waals surface area (Å²) in [5, 5.41) is 9.12. The second-order valence-electron chi connectivity index (χ2n) is 16.4. The van der Waals surface area contributed by atoms with Crippen LogP contribution in [0.2, 0.25) is 0 Å². The molecule has 0 aliphatic heterocycles. The van der Waals surface area contributed by atoms with Gasteiger partial charge in [0.1, 0.15) is 22.3 Å². The van der Waals surface area contributed by atoms with Crippen LogP contribution < -0.4 is 0 Å². The number of benzene rings is 9. The summed E-state index contributed by atoms with van der Waals surface area (Å²) in [5.74, 6) is 1.67. The molecule has 5 aromatic heterocycles. The van der Waals surface area contributed by atoms with Crippen LogP contribution in [0.15, 0.2) is 209 Å². The maximum absolute atomic E-state index is 6.31. The highest BCUT2D eigenvalue weighted by atomic mass is 16.3. The van der Waals surface area contributed by atoms with E-state index < -0.39 is 0 Å². The van der Waals surface area contributed by atoms with Crippen LogP contribution in [0, 0.1) is 0 Å². The SMILES string of the molecule is c1ccc(-n2c3ccccc3c3cc4c5ccccc5n(-c5ccc(-c6nc(-c7ccc8c(c7)oc7ccccc78)nc(-c7ccc8c(c7)oc7ccccc78)n6)cc5)c4cc32)cc1. The van der Waals surface area contributed by atoms with Crippen molar-refractivity contribution in [2.45, 2.75) is 0 Å². The largest absolute Gasteiger partial charge is 0.456 e. The van der Waals surface area contributed by atoms with Crippen LogP contribution in [0.5, 0.6) is 0 Å². The summed E-state index contributed by atoms with van der Waals surface area (Å²) in [6, 6.07) is 69.9. The van der Waals surface area contributed by atoms with Crippen molar-refractivity contribution in [2.75, 3.05) is 0 Å². The molecule has 7 heteroatoms. The molecule has 0 spiro atoms. The van der Waals surface area contributed by atoms with Crippen LogP contribution in [0.25, 0.3) is 133 Å². The predicted octanol–water partition coefficient (Wildman–Crippen LogP) is 14.9. The van der Waals surface area contributed by atoms with Gasteiger partial charge in [0.15, 0.2) is 17.5 Å². The molecule has 0 aliphatic carbocycles. The monoisotopic (exact) mass is 819 g/mol. The number of nitrogens with zero attached hydrogens (tertiary/aromatic N) is 5. The van der Waals surface area contributed by atoms with E-state index in [1.165, 1.54) is 27.1 Å². The molecular weight excluding hydrogens is 787 g/mol. The zero-order valence-corrected chi connectivity index (χ0v) is 34.1. The zero-order valence-electron chi connectivity index (χ0n) is 34.1. The summed E-state index contributed by atoms with van der Waals surface area (Å²) < 4.78 is 17.4. The second kappa shape index (κ2) is 13.3. The minimum atomic E-state index is 0.552. The highest BCUT2D eigenvalue weighted by Gasteiger charge is 2.20. The van der Waals surface area contributed by atoms with E-state index in [-0.39, 0.29) is 0 Å². The van der Waals surface area contributed by atoms with E-state index in [1.54, 1.807) is 0 Å². The van der Waals surface area contributed by atoms with Crippen molar-refractivity contribution in [1.82, 2.24) is 24.1 Å². The summed E-state index contributed by atoms with van der Waals surface area (Å²) in [6.07, 6.45) is 0. The Balaban J connectivity index is 0.940. The third kappa shape index (κ3) is 5.18. The van der Waals surface area contributed by atoms with Crippen LogP contribution in [0.4, 0.5) is 0 Å². The molecule has 64 heavy (non-hydrogen) atoms. The highest BCUT2D eigenvalue weighted by molar-refractivity contribution is 6.19. The molecule has 9 aromatic carbocycles. The predicted molar refractivity (Wildman–Crippen MR) is 259 cm³/mol. The van der Waals surface area contributed by atoms with E-state index in [0.717, 1.165) is 88.5 Å². The molecule has 14 aromatic rings. The van der Waals surface area contributed by atoms with Crippen LogP contribution in [0.3, 0.4) is 0 Å². The highest BCUT2D eigenvalue weighted by Crippen LogP contribution is 2.40. The first kappa shape index (κ1) is 34.9. The Hall–Kier alpha value is -8.81. The molecule has 0 saturated carbocycles. The first-order valence-electron chi connectivity index (χ1n) is 21.4. The normalized spacial score (nSPS) is 12.1. The standard InChI is InChI=1S/C57H33N5O2/c1-2-12-37(13-3-1)61-47-18-8-4-14-39(47)45-32-46-40-15-5-9-19-48(40)62(50(46)33-49(45)61)38-26-22-34(23-27-38)55-58-56(35-24-28-43-41-16-6-10-20-51(41)63-53(43)30-35)60-57(59-55)36-25-29-44-42-17-7-11-21-52(42)64-54(44)31-36/h1-33H. The van der Waals surface area contributed by atoms with E-state index in [1.807, 2.05) is 48.5 Å². The Bertz CT molecular complexity index is 4060. The van der Waals surface area contributed by atoms with Crippen molar-refractivity contribution in [3.05, 3.63) is 200 Å². The van der Waals surface area contributed by atoms with Gasteiger partial charge in [0, 0.05) is 71.2 Å². The van der Waals surface area contributed by atoms with E-state index in [0.29, 0.717) is 17.5 Å². The van der Waals surface area contributed by atoms with Gasteiger partial charge in [0.25, 0.3) is 0 Å². The Morgan fingerprint density at radius 2 is 0.672 bits per heavy atom. The molecule has 0 fully saturated rings. The summed E-state index contributed by atoms with van der Waals surface area (Å²) in [6.45, 7) is 0. The molecule has 14 rings (SSSR count). The smallest absolute Gasteiger partial charge is 0.164 e. The average molecular weight is 820 g/mol. The summed E-state index contributed by atoms with van der Waals surface area (Å²) >= 11 is 0. The van der Waals surface area contributed by atoms with E-state index >= 15 is 0 Å². The molecule has 0 atom stereocenters. The number of para-hydroxylation sites is 5. The molecule has 298 valence electrons. The van der Waals surface area contributed by atoms with Crippen molar-refractivity contribution in [3.8, 4) is 45.5 Å². The first-order chi connectivity index (χ1) is 31.7. The third-order valence-electron chi connectivity index (χ3n) is 12.8. The van der Waals surface area contributed by atoms with Gasteiger partial charge in [-0.15, -0.1) is 0 Å². The van der Waals surface area contributed by atoms with Crippen molar-refractivity contribution in [3.63, 3.8) is 0 Å². The van der Waals surface area contributed by atoms with Gasteiger partial charge in [-0.1, -0.05) is 103 Å². The number of rotatable bonds is 5. The van der Waals surface area contributed by atoms with Crippen molar-refractivity contribution >= 4 is 87.5 Å². The van der Waals surface area contributed by atoms with Gasteiger partial charge in [-0.05, 0) is 97.1 Å². The Morgan fingerprint density at radius 1 is 0.266 bits per heavy atom. The average Bonchev–Trinajstić information content (AvgIpc) is 4.10. The zero-order chi connectivity index (χ0) is 41.9. The van der Waals surface area contributed by atoms with E-state index in [9.17, 15) is 0 Å². The number of hydrogen-bond donors (Lipinski definition) is 0. The molecule has 0 amide bonds. The first-order valence-corrected chi connectivity index (χ1v) is 21.4. The van der Waals surface area contributed by atoms with Gasteiger partial charge < -0.3 is 18.0 Å². The van der Waals surface area contributed by atoms with Gasteiger partial charge in [-0.3, -0.25) is 0 Å². The Kier molecular flexibility index (Phi) is 7.27. The van der Waals surface area contributed by atoms with Crippen molar-refractivity contribution in [2.24, 2.45) is 0 Å². The molecule has 0 unspecified atom stereocenters. The maximum atomic E-state index is 6.31. The van der Waals surface area contributed by atoms with Gasteiger partial charge in [0.2, 0.25) is 0 Å². The van der Waals surface area contributed by atoms with Crippen LogP contribution >= 0.6 is 0 Å². The van der Waals surface area contributed by atoms with Gasteiger partial charge in [0.05, 0.1) is 22.1 Å². The molecule has 5 heterocycles. The van der Waals surface area contributed by atoms with Crippen LogP contribution in [-0.2, 0) is 0 Å². The fourth-order valence-corrected chi connectivity index (χ4v) is 9.82. The Morgan fingerprint density at radius 3 is 1.20 bits per heavy atom. The fourth-order valence-electron chi connectivity index (χ4n) is 9.82. The number of furan rings is 2. The topological polar surface area (TPSA) is 74.8 Å². The molecular formula is C57H33N5O2. The second-order valence-corrected chi connectivity index (χ2v) is 16.4. The van der Waals surface area contributed by atoms with E-state index in [4.69, 9.17) is 23.8 Å². The lowest BCUT2D eigenvalue weighted by molar-refractivity contribution is 0.668. The quantitative estimate of drug-likeness (QED) is 0.173. The molecule has 7 nitrogen and oxygen atoms in total. The number of aromatic nitrogens is 5. The summed E-state index contributed by atoms with van der Waals surface area (Å²) in [7, 11) is 0. The Labute approximate surface area is 364 Å². The van der Waals surface area contributed by atoms with Crippen LogP contribution in [0.1, 0.15) is 0 Å². The lowest BCUT2D eigenvalue weighted by Gasteiger charge is -2.11. The van der Waals surface area contributed by atoms with Gasteiger partial charge in [-0.25, -0.2) is 15.0 Å². The molecule has 0 radical (unpaired) electrons. The van der Waals surface area contributed by atoms with Gasteiger partial charge in [-0.2, -0.15) is 0 Å². The van der Waals surface area contributed by atoms with Crippen molar-refractivity contribution < 1.29 is 8.83 Å². The molecule has 0 N–H and O–H groups in total. The van der Waals surface area contributed by atoms with Gasteiger partial charge >= 0.3 is 0 Å². The maximum Gasteiger partial charge on any atom is 0.164 e. The summed E-state index contributed by atoms with van der Waals surface area (Å²) in [5.41, 5.74) is 12.6.